The monoisotopic (exact) mass is 312 g/mol. The molecule has 1 amide bonds. The number of nitrogens with two attached hydrogens (primary N) is 1. The highest BCUT2D eigenvalue weighted by atomic mass is 19.1. The number of rotatable bonds is 5. The van der Waals surface area contributed by atoms with Gasteiger partial charge in [0.2, 0.25) is 0 Å². The van der Waals surface area contributed by atoms with Crippen LogP contribution in [0.15, 0.2) is 18.2 Å². The fraction of sp³-hybridized carbons (Fsp3) is 0.562. The predicted octanol–water partition coefficient (Wildman–Crippen LogP) is 2.58. The third kappa shape index (κ3) is 4.87. The van der Waals surface area contributed by atoms with Gasteiger partial charge in [0, 0.05) is 24.1 Å². The summed E-state index contributed by atoms with van der Waals surface area (Å²) in [6.07, 6.45) is -0.539. The van der Waals surface area contributed by atoms with Crippen molar-refractivity contribution in [3.8, 4) is 5.75 Å². The van der Waals surface area contributed by atoms with Crippen LogP contribution >= 0.6 is 0 Å². The molecule has 1 aromatic carbocycles. The third-order valence-electron chi connectivity index (χ3n) is 3.28. The average Bonchev–Trinajstić information content (AvgIpc) is 2.43. The minimum Gasteiger partial charge on any atom is -0.496 e. The zero-order chi connectivity index (χ0) is 17.0. The number of hydrogen-bond acceptors (Lipinski definition) is 4. The van der Waals surface area contributed by atoms with Gasteiger partial charge in [0.15, 0.2) is 0 Å². The summed E-state index contributed by atoms with van der Waals surface area (Å²) in [6.45, 7) is 7.60. The molecule has 0 saturated carbocycles. The molecule has 0 bridgehead atoms. The molecule has 0 saturated heterocycles. The van der Waals surface area contributed by atoms with Gasteiger partial charge in [0.1, 0.15) is 17.2 Å². The molecule has 1 aromatic rings. The molecule has 3 N–H and O–H groups in total. The number of amides is 1. The van der Waals surface area contributed by atoms with E-state index in [9.17, 15) is 9.18 Å². The fourth-order valence-electron chi connectivity index (χ4n) is 2.01. The van der Waals surface area contributed by atoms with Gasteiger partial charge in [-0.15, -0.1) is 0 Å². The molecule has 5 nitrogen and oxygen atoms in total. The summed E-state index contributed by atoms with van der Waals surface area (Å²) >= 11 is 0. The number of hydrogen-bond donors (Lipinski definition) is 2. The summed E-state index contributed by atoms with van der Waals surface area (Å²) < 4.78 is 24.0. The van der Waals surface area contributed by atoms with Crippen LogP contribution in [0.3, 0.4) is 0 Å². The number of nitrogens with one attached hydrogen (secondary N) is 1. The molecule has 6 heteroatoms. The molecule has 1 atom stereocenters. The number of alkyl carbamates (subject to hydrolysis) is 1. The highest BCUT2D eigenvalue weighted by Gasteiger charge is 2.30. The summed E-state index contributed by atoms with van der Waals surface area (Å²) in [6, 6.07) is 4.25. The lowest BCUT2D eigenvalue weighted by atomic mass is 9.81. The Bertz CT molecular complexity index is 529. The molecule has 124 valence electrons. The summed E-state index contributed by atoms with van der Waals surface area (Å²) in [5.74, 6) is 0.146. The number of methoxy groups -OCH3 is 1. The second kappa shape index (κ2) is 6.96. The normalized spacial score (nSPS) is 14.1. The van der Waals surface area contributed by atoms with Crippen molar-refractivity contribution in [1.82, 2.24) is 5.32 Å². The van der Waals surface area contributed by atoms with E-state index in [1.54, 1.807) is 26.8 Å². The lowest BCUT2D eigenvalue weighted by Crippen LogP contribution is -2.45. The summed E-state index contributed by atoms with van der Waals surface area (Å²) in [7, 11) is 1.51. The Balaban J connectivity index is 2.93. The van der Waals surface area contributed by atoms with Gasteiger partial charge in [-0.3, -0.25) is 0 Å². The number of halogens is 1. The van der Waals surface area contributed by atoms with Gasteiger partial charge in [-0.1, -0.05) is 6.92 Å². The zero-order valence-electron chi connectivity index (χ0n) is 13.8. The number of carbonyl (C=O) groups is 1. The quantitative estimate of drug-likeness (QED) is 0.876. The van der Waals surface area contributed by atoms with Crippen molar-refractivity contribution in [2.45, 2.75) is 38.7 Å². The standard InChI is InChI=1S/C16H25FN2O3/c1-15(2,3)22-14(20)19-10-16(4,9-18)12-8-11(17)6-7-13(12)21-5/h6-8H,9-10,18H2,1-5H3,(H,19,20). The first-order valence-electron chi connectivity index (χ1n) is 7.12. The third-order valence-corrected chi connectivity index (χ3v) is 3.28. The van der Waals surface area contributed by atoms with Crippen molar-refractivity contribution in [2.75, 3.05) is 20.2 Å². The van der Waals surface area contributed by atoms with E-state index in [2.05, 4.69) is 5.32 Å². The summed E-state index contributed by atoms with van der Waals surface area (Å²) in [4.78, 5) is 11.8. The molecule has 1 unspecified atom stereocenters. The molecule has 0 aliphatic heterocycles. The maximum absolute atomic E-state index is 13.6. The molecule has 22 heavy (non-hydrogen) atoms. The number of ether oxygens (including phenoxy) is 2. The molecule has 0 fully saturated rings. The molecule has 1 rings (SSSR count). The van der Waals surface area contributed by atoms with Crippen LogP contribution in [0, 0.1) is 5.82 Å². The second-order valence-electron chi connectivity index (χ2n) is 6.46. The van der Waals surface area contributed by atoms with Crippen molar-refractivity contribution >= 4 is 6.09 Å². The Morgan fingerprint density at radius 1 is 1.32 bits per heavy atom. The van der Waals surface area contributed by atoms with Crippen LogP contribution in [0.25, 0.3) is 0 Å². The molecule has 0 aliphatic carbocycles. The molecule has 0 heterocycles. The summed E-state index contributed by atoms with van der Waals surface area (Å²) in [5.41, 5.74) is 5.20. The van der Waals surface area contributed by atoms with Crippen molar-refractivity contribution in [3.05, 3.63) is 29.6 Å². The first-order valence-corrected chi connectivity index (χ1v) is 7.12. The maximum Gasteiger partial charge on any atom is 0.407 e. The largest absolute Gasteiger partial charge is 0.496 e. The van der Waals surface area contributed by atoms with Crippen LogP contribution < -0.4 is 15.8 Å². The Hall–Kier alpha value is -1.82. The minimum absolute atomic E-state index is 0.207. The SMILES string of the molecule is COc1ccc(F)cc1C(C)(CN)CNC(=O)OC(C)(C)C. The van der Waals surface area contributed by atoms with Crippen molar-refractivity contribution in [3.63, 3.8) is 0 Å². The molecule has 0 aliphatic rings. The molecular formula is C16H25FN2O3. The van der Waals surface area contributed by atoms with Crippen LogP contribution in [0.2, 0.25) is 0 Å². The van der Waals surface area contributed by atoms with Crippen molar-refractivity contribution in [2.24, 2.45) is 5.73 Å². The molecular weight excluding hydrogens is 287 g/mol. The molecule has 0 spiro atoms. The maximum atomic E-state index is 13.6. The van der Waals surface area contributed by atoms with Gasteiger partial charge in [0.25, 0.3) is 0 Å². The minimum atomic E-state index is -0.676. The van der Waals surface area contributed by atoms with Crippen molar-refractivity contribution in [1.29, 1.82) is 0 Å². The van der Waals surface area contributed by atoms with Crippen LogP contribution in [0.1, 0.15) is 33.3 Å². The van der Waals surface area contributed by atoms with E-state index in [-0.39, 0.29) is 18.9 Å². The Morgan fingerprint density at radius 2 is 1.95 bits per heavy atom. The van der Waals surface area contributed by atoms with Gasteiger partial charge < -0.3 is 20.5 Å². The highest BCUT2D eigenvalue weighted by Crippen LogP contribution is 2.31. The lowest BCUT2D eigenvalue weighted by molar-refractivity contribution is 0.0516. The van der Waals surface area contributed by atoms with Crippen LogP contribution in [-0.4, -0.2) is 31.9 Å². The van der Waals surface area contributed by atoms with E-state index >= 15 is 0 Å². The fourth-order valence-corrected chi connectivity index (χ4v) is 2.01. The van der Waals surface area contributed by atoms with E-state index in [4.69, 9.17) is 15.2 Å². The van der Waals surface area contributed by atoms with Gasteiger partial charge in [-0.05, 0) is 39.0 Å². The van der Waals surface area contributed by atoms with Crippen LogP contribution in [0.4, 0.5) is 9.18 Å². The highest BCUT2D eigenvalue weighted by molar-refractivity contribution is 5.68. The van der Waals surface area contributed by atoms with E-state index in [1.165, 1.54) is 19.2 Å². The Labute approximate surface area is 131 Å². The predicted molar refractivity (Wildman–Crippen MR) is 83.6 cm³/mol. The number of benzene rings is 1. The second-order valence-corrected chi connectivity index (χ2v) is 6.46. The van der Waals surface area contributed by atoms with E-state index in [0.717, 1.165) is 0 Å². The van der Waals surface area contributed by atoms with Gasteiger partial charge in [0.05, 0.1) is 7.11 Å². The Morgan fingerprint density at radius 3 is 2.45 bits per heavy atom. The first-order chi connectivity index (χ1) is 10.1. The smallest absolute Gasteiger partial charge is 0.407 e. The van der Waals surface area contributed by atoms with Crippen LogP contribution in [-0.2, 0) is 10.2 Å². The molecule has 0 aromatic heterocycles. The Kier molecular flexibility index (Phi) is 5.77. The number of carbonyl (C=O) groups excluding carboxylic acids is 1. The van der Waals surface area contributed by atoms with Crippen molar-refractivity contribution < 1.29 is 18.7 Å². The van der Waals surface area contributed by atoms with E-state index in [0.29, 0.717) is 11.3 Å². The molecule has 0 radical (unpaired) electrons. The topological polar surface area (TPSA) is 73.6 Å². The van der Waals surface area contributed by atoms with E-state index in [1.807, 2.05) is 6.92 Å². The zero-order valence-corrected chi connectivity index (χ0v) is 13.8. The van der Waals surface area contributed by atoms with Gasteiger partial charge in [-0.25, -0.2) is 9.18 Å². The van der Waals surface area contributed by atoms with Gasteiger partial charge in [-0.2, -0.15) is 0 Å². The van der Waals surface area contributed by atoms with Gasteiger partial charge >= 0.3 is 6.09 Å². The first kappa shape index (κ1) is 18.2. The average molecular weight is 312 g/mol. The van der Waals surface area contributed by atoms with E-state index < -0.39 is 17.1 Å². The van der Waals surface area contributed by atoms with Crippen LogP contribution in [0.5, 0.6) is 5.75 Å². The summed E-state index contributed by atoms with van der Waals surface area (Å²) in [5, 5.41) is 2.68. The lowest BCUT2D eigenvalue weighted by Gasteiger charge is -2.31.